The van der Waals surface area contributed by atoms with Crippen molar-refractivity contribution in [2.24, 2.45) is 5.92 Å². The Bertz CT molecular complexity index is 350. The molecule has 0 saturated heterocycles. The van der Waals surface area contributed by atoms with Crippen LogP contribution in [0.5, 0.6) is 0 Å². The van der Waals surface area contributed by atoms with E-state index in [1.165, 1.54) is 11.3 Å². The molecule has 0 aromatic carbocycles. The van der Waals surface area contributed by atoms with Gasteiger partial charge in [-0.05, 0) is 18.8 Å². The van der Waals surface area contributed by atoms with E-state index in [0.29, 0.717) is 17.5 Å². The van der Waals surface area contributed by atoms with Crippen LogP contribution in [-0.2, 0) is 11.2 Å². The van der Waals surface area contributed by atoms with Crippen LogP contribution in [0.15, 0.2) is 5.38 Å². The summed E-state index contributed by atoms with van der Waals surface area (Å²) in [6, 6.07) is -0.546. The Balaban J connectivity index is 2.64. The van der Waals surface area contributed by atoms with E-state index in [0.717, 1.165) is 12.1 Å². The molecule has 0 fully saturated rings. The molecule has 0 spiro atoms. The third-order valence-electron chi connectivity index (χ3n) is 2.22. The number of carbonyl (C=O) groups is 1. The summed E-state index contributed by atoms with van der Waals surface area (Å²) >= 11 is 1.46. The van der Waals surface area contributed by atoms with E-state index >= 15 is 0 Å². The number of nitrogens with zero attached hydrogens (tertiary/aromatic N) is 1. The molecule has 0 amide bonds. The average molecular weight is 242 g/mol. The highest BCUT2D eigenvalue weighted by atomic mass is 32.1. The lowest BCUT2D eigenvalue weighted by molar-refractivity contribution is -0.138. The molecule has 2 N–H and O–H groups in total. The van der Waals surface area contributed by atoms with Crippen molar-refractivity contribution in [3.63, 3.8) is 0 Å². The predicted octanol–water partition coefficient (Wildman–Crippen LogP) is 2.62. The number of anilines is 1. The van der Waals surface area contributed by atoms with Gasteiger partial charge in [-0.15, -0.1) is 11.3 Å². The molecule has 1 aromatic heterocycles. The van der Waals surface area contributed by atoms with Crippen LogP contribution in [0.2, 0.25) is 0 Å². The standard InChI is InChI=1S/C11H18N2O2S/c1-4-8-6-16-11(12-8)13-9(10(14)15)5-7(2)3/h6-7,9H,4-5H2,1-3H3,(H,12,13)(H,14,15). The van der Waals surface area contributed by atoms with Crippen LogP contribution in [0, 0.1) is 5.92 Å². The molecule has 0 bridgehead atoms. The number of rotatable bonds is 6. The number of aromatic nitrogens is 1. The van der Waals surface area contributed by atoms with Gasteiger partial charge in [-0.3, -0.25) is 0 Å². The molecule has 90 valence electrons. The molecule has 16 heavy (non-hydrogen) atoms. The highest BCUT2D eigenvalue weighted by Gasteiger charge is 2.19. The van der Waals surface area contributed by atoms with Crippen molar-refractivity contribution >= 4 is 22.4 Å². The van der Waals surface area contributed by atoms with E-state index in [4.69, 9.17) is 5.11 Å². The van der Waals surface area contributed by atoms with Crippen LogP contribution >= 0.6 is 11.3 Å². The van der Waals surface area contributed by atoms with Gasteiger partial charge in [0.2, 0.25) is 0 Å². The van der Waals surface area contributed by atoms with E-state index in [2.05, 4.69) is 10.3 Å². The lowest BCUT2D eigenvalue weighted by atomic mass is 10.0. The SMILES string of the molecule is CCc1csc(NC(CC(C)C)C(=O)O)n1. The molecule has 1 aromatic rings. The smallest absolute Gasteiger partial charge is 0.326 e. The van der Waals surface area contributed by atoms with Gasteiger partial charge in [0.1, 0.15) is 6.04 Å². The van der Waals surface area contributed by atoms with Crippen molar-refractivity contribution in [3.05, 3.63) is 11.1 Å². The first-order valence-electron chi connectivity index (χ1n) is 5.46. The molecule has 1 heterocycles. The summed E-state index contributed by atoms with van der Waals surface area (Å²) in [5, 5.41) is 14.7. The van der Waals surface area contributed by atoms with Gasteiger partial charge in [0, 0.05) is 5.38 Å². The normalized spacial score (nSPS) is 12.8. The van der Waals surface area contributed by atoms with Crippen molar-refractivity contribution < 1.29 is 9.90 Å². The van der Waals surface area contributed by atoms with E-state index in [1.54, 1.807) is 0 Å². The largest absolute Gasteiger partial charge is 0.480 e. The molecule has 0 aliphatic carbocycles. The van der Waals surface area contributed by atoms with Gasteiger partial charge >= 0.3 is 5.97 Å². The second-order valence-corrected chi connectivity index (χ2v) is 5.02. The fourth-order valence-electron chi connectivity index (χ4n) is 1.38. The van der Waals surface area contributed by atoms with Crippen molar-refractivity contribution in [1.29, 1.82) is 0 Å². The minimum absolute atomic E-state index is 0.346. The van der Waals surface area contributed by atoms with Gasteiger partial charge in [-0.1, -0.05) is 20.8 Å². The number of thiazole rings is 1. The van der Waals surface area contributed by atoms with Crippen LogP contribution in [0.3, 0.4) is 0 Å². The second-order valence-electron chi connectivity index (χ2n) is 4.16. The monoisotopic (exact) mass is 242 g/mol. The van der Waals surface area contributed by atoms with Gasteiger partial charge in [0.05, 0.1) is 5.69 Å². The van der Waals surface area contributed by atoms with Gasteiger partial charge < -0.3 is 10.4 Å². The molecule has 0 aliphatic heterocycles. The highest BCUT2D eigenvalue weighted by Crippen LogP contribution is 2.18. The third kappa shape index (κ3) is 3.81. The fourth-order valence-corrected chi connectivity index (χ4v) is 2.22. The van der Waals surface area contributed by atoms with E-state index in [1.807, 2.05) is 26.2 Å². The molecule has 1 unspecified atom stereocenters. The topological polar surface area (TPSA) is 62.2 Å². The second kappa shape index (κ2) is 5.84. The molecule has 1 atom stereocenters. The zero-order valence-electron chi connectivity index (χ0n) is 9.86. The quantitative estimate of drug-likeness (QED) is 0.805. The highest BCUT2D eigenvalue weighted by molar-refractivity contribution is 7.13. The minimum Gasteiger partial charge on any atom is -0.480 e. The zero-order valence-corrected chi connectivity index (χ0v) is 10.7. The number of nitrogens with one attached hydrogen (secondary N) is 1. The van der Waals surface area contributed by atoms with Gasteiger partial charge in [-0.2, -0.15) is 0 Å². The van der Waals surface area contributed by atoms with E-state index < -0.39 is 12.0 Å². The number of hydrogen-bond acceptors (Lipinski definition) is 4. The van der Waals surface area contributed by atoms with Crippen molar-refractivity contribution in [2.45, 2.75) is 39.7 Å². The average Bonchev–Trinajstić information content (AvgIpc) is 2.63. The summed E-state index contributed by atoms with van der Waals surface area (Å²) in [7, 11) is 0. The van der Waals surface area contributed by atoms with E-state index in [9.17, 15) is 4.79 Å². The van der Waals surface area contributed by atoms with Crippen LogP contribution < -0.4 is 5.32 Å². The molecular weight excluding hydrogens is 224 g/mol. The maximum atomic E-state index is 11.0. The van der Waals surface area contributed by atoms with E-state index in [-0.39, 0.29) is 0 Å². The molecular formula is C11H18N2O2S. The van der Waals surface area contributed by atoms with Crippen LogP contribution in [0.4, 0.5) is 5.13 Å². The Hall–Kier alpha value is -1.10. The van der Waals surface area contributed by atoms with Crippen molar-refractivity contribution in [1.82, 2.24) is 4.98 Å². The van der Waals surface area contributed by atoms with Crippen LogP contribution in [0.1, 0.15) is 32.9 Å². The lowest BCUT2D eigenvalue weighted by Gasteiger charge is -2.15. The number of aryl methyl sites for hydroxylation is 1. The predicted molar refractivity (Wildman–Crippen MR) is 66.0 cm³/mol. The zero-order chi connectivity index (χ0) is 12.1. The first-order valence-corrected chi connectivity index (χ1v) is 6.34. The molecule has 0 radical (unpaired) electrons. The third-order valence-corrected chi connectivity index (χ3v) is 3.04. The molecule has 0 saturated carbocycles. The van der Waals surface area contributed by atoms with Crippen LogP contribution in [0.25, 0.3) is 0 Å². The number of aliphatic carboxylic acids is 1. The Morgan fingerprint density at radius 3 is 2.75 bits per heavy atom. The molecule has 5 heteroatoms. The number of carboxylic acids is 1. The Morgan fingerprint density at radius 2 is 2.31 bits per heavy atom. The summed E-state index contributed by atoms with van der Waals surface area (Å²) in [5.74, 6) is -0.471. The first kappa shape index (κ1) is 13.0. The lowest BCUT2D eigenvalue weighted by Crippen LogP contribution is -2.30. The summed E-state index contributed by atoms with van der Waals surface area (Å²) in [6.07, 6.45) is 1.48. The summed E-state index contributed by atoms with van der Waals surface area (Å²) in [4.78, 5) is 15.3. The number of carboxylic acid groups (broad SMARTS) is 1. The molecule has 1 rings (SSSR count). The van der Waals surface area contributed by atoms with Gasteiger partial charge in [0.15, 0.2) is 5.13 Å². The van der Waals surface area contributed by atoms with Gasteiger partial charge in [-0.25, -0.2) is 9.78 Å². The van der Waals surface area contributed by atoms with Crippen molar-refractivity contribution in [3.8, 4) is 0 Å². The summed E-state index contributed by atoms with van der Waals surface area (Å²) < 4.78 is 0. The number of hydrogen-bond donors (Lipinski definition) is 2. The Kier molecular flexibility index (Phi) is 4.73. The van der Waals surface area contributed by atoms with Crippen molar-refractivity contribution in [2.75, 3.05) is 5.32 Å². The summed E-state index contributed by atoms with van der Waals surface area (Å²) in [5.41, 5.74) is 1.00. The minimum atomic E-state index is -0.818. The first-order chi connectivity index (χ1) is 7.52. The molecule has 0 aliphatic rings. The van der Waals surface area contributed by atoms with Crippen LogP contribution in [-0.4, -0.2) is 22.1 Å². The van der Waals surface area contributed by atoms with Gasteiger partial charge in [0.25, 0.3) is 0 Å². The molecule has 4 nitrogen and oxygen atoms in total. The Labute approximate surface area is 99.7 Å². The fraction of sp³-hybridized carbons (Fsp3) is 0.636. The summed E-state index contributed by atoms with van der Waals surface area (Å²) in [6.45, 7) is 6.05. The maximum absolute atomic E-state index is 11.0. The Morgan fingerprint density at radius 1 is 1.62 bits per heavy atom. The maximum Gasteiger partial charge on any atom is 0.326 e.